The molecule has 1 fully saturated rings. The Morgan fingerprint density at radius 3 is 2.76 bits per heavy atom. The summed E-state index contributed by atoms with van der Waals surface area (Å²) in [5.41, 5.74) is 0. The first-order valence-electron chi connectivity index (χ1n) is 6.88. The number of hydrogen-bond acceptors (Lipinski definition) is 3. The van der Waals surface area contributed by atoms with E-state index in [1.54, 1.807) is 0 Å². The van der Waals surface area contributed by atoms with Crippen LogP contribution in [0.2, 0.25) is 0 Å². The van der Waals surface area contributed by atoms with Gasteiger partial charge in [-0.05, 0) is 38.6 Å². The predicted octanol–water partition coefficient (Wildman–Crippen LogP) is 1.31. The van der Waals surface area contributed by atoms with Crippen LogP contribution in [0.1, 0.15) is 39.0 Å². The highest BCUT2D eigenvalue weighted by atomic mass is 16.5. The Morgan fingerprint density at radius 1 is 1.29 bits per heavy atom. The summed E-state index contributed by atoms with van der Waals surface area (Å²) in [6, 6.07) is 0. The van der Waals surface area contributed by atoms with E-state index in [9.17, 15) is 4.79 Å². The first-order valence-corrected chi connectivity index (χ1v) is 6.88. The van der Waals surface area contributed by atoms with Crippen molar-refractivity contribution in [1.29, 1.82) is 0 Å². The predicted molar refractivity (Wildman–Crippen MR) is 68.9 cm³/mol. The number of carbonyl (C=O) groups excluding carboxylic acids is 1. The zero-order chi connectivity index (χ0) is 12.3. The molecular formula is C13H26N2O2. The zero-order valence-corrected chi connectivity index (χ0v) is 11.0. The van der Waals surface area contributed by atoms with Gasteiger partial charge in [-0.1, -0.05) is 12.8 Å². The number of hydrogen-bond donors (Lipinski definition) is 2. The van der Waals surface area contributed by atoms with E-state index in [1.807, 2.05) is 6.92 Å². The van der Waals surface area contributed by atoms with Crippen LogP contribution in [0, 0.1) is 5.92 Å². The van der Waals surface area contributed by atoms with Crippen molar-refractivity contribution in [2.24, 2.45) is 5.92 Å². The van der Waals surface area contributed by atoms with Crippen LogP contribution in [0.5, 0.6) is 0 Å². The maximum Gasteiger partial charge on any atom is 0.233 e. The molecule has 0 aromatic rings. The van der Waals surface area contributed by atoms with Gasteiger partial charge in [0, 0.05) is 19.8 Å². The van der Waals surface area contributed by atoms with Crippen molar-refractivity contribution < 1.29 is 9.53 Å². The van der Waals surface area contributed by atoms with Gasteiger partial charge in [0.25, 0.3) is 0 Å². The minimum absolute atomic E-state index is 0.0944. The van der Waals surface area contributed by atoms with Crippen LogP contribution in [0.25, 0.3) is 0 Å². The largest absolute Gasteiger partial charge is 0.381 e. The highest BCUT2D eigenvalue weighted by molar-refractivity contribution is 5.77. The van der Waals surface area contributed by atoms with Crippen molar-refractivity contribution in [1.82, 2.24) is 10.6 Å². The van der Waals surface area contributed by atoms with E-state index in [-0.39, 0.29) is 5.91 Å². The van der Waals surface area contributed by atoms with Crippen LogP contribution < -0.4 is 10.6 Å². The number of rotatable bonds is 8. The lowest BCUT2D eigenvalue weighted by molar-refractivity contribution is -0.120. The molecule has 0 saturated carbocycles. The van der Waals surface area contributed by atoms with E-state index in [0.717, 1.165) is 32.1 Å². The second-order valence-corrected chi connectivity index (χ2v) is 4.68. The van der Waals surface area contributed by atoms with Crippen LogP contribution in [-0.4, -0.2) is 38.8 Å². The van der Waals surface area contributed by atoms with Crippen molar-refractivity contribution in [3.8, 4) is 0 Å². The summed E-state index contributed by atoms with van der Waals surface area (Å²) >= 11 is 0. The fourth-order valence-corrected chi connectivity index (χ4v) is 2.18. The maximum absolute atomic E-state index is 11.1. The molecule has 100 valence electrons. The quantitative estimate of drug-likeness (QED) is 0.631. The number of unbranched alkanes of at least 4 members (excludes halogenated alkanes) is 1. The van der Waals surface area contributed by atoms with Gasteiger partial charge in [-0.15, -0.1) is 0 Å². The normalized spacial score (nSPS) is 17.0. The highest BCUT2D eigenvalue weighted by Gasteiger charge is 2.12. The molecule has 0 unspecified atom stereocenters. The Morgan fingerprint density at radius 2 is 2.06 bits per heavy atom. The average molecular weight is 242 g/mol. The second-order valence-electron chi connectivity index (χ2n) is 4.68. The van der Waals surface area contributed by atoms with Crippen molar-refractivity contribution in [3.63, 3.8) is 0 Å². The molecule has 0 spiro atoms. The summed E-state index contributed by atoms with van der Waals surface area (Å²) in [6.07, 6.45) is 6.19. The van der Waals surface area contributed by atoms with E-state index in [4.69, 9.17) is 4.74 Å². The summed E-state index contributed by atoms with van der Waals surface area (Å²) < 4.78 is 5.34. The van der Waals surface area contributed by atoms with Gasteiger partial charge in [0.05, 0.1) is 6.54 Å². The Balaban J connectivity index is 1.85. The topological polar surface area (TPSA) is 50.4 Å². The molecule has 4 heteroatoms. The van der Waals surface area contributed by atoms with Gasteiger partial charge in [0.1, 0.15) is 0 Å². The third kappa shape index (κ3) is 7.34. The first kappa shape index (κ1) is 14.5. The summed E-state index contributed by atoms with van der Waals surface area (Å²) in [5, 5.41) is 5.94. The second kappa shape index (κ2) is 9.42. The number of likely N-dealkylation sites (N-methyl/N-ethyl adjacent to an activating group) is 1. The summed E-state index contributed by atoms with van der Waals surface area (Å²) in [5.74, 6) is 0.962. The molecule has 0 aromatic heterocycles. The molecule has 2 N–H and O–H groups in total. The number of nitrogens with one attached hydrogen (secondary N) is 2. The lowest BCUT2D eigenvalue weighted by atomic mass is 9.94. The lowest BCUT2D eigenvalue weighted by Gasteiger charge is -2.21. The monoisotopic (exact) mass is 242 g/mol. The van der Waals surface area contributed by atoms with Gasteiger partial charge in [0.2, 0.25) is 5.91 Å². The average Bonchev–Trinajstić information content (AvgIpc) is 2.35. The van der Waals surface area contributed by atoms with Crippen LogP contribution in [0.15, 0.2) is 0 Å². The molecule has 0 bridgehead atoms. The standard InChI is InChI=1S/C13H26N2O2/c1-2-15-13(16)11-14-8-4-3-5-12-6-9-17-10-7-12/h12,14H,2-11H2,1H3,(H,15,16). The van der Waals surface area contributed by atoms with Crippen molar-refractivity contribution in [3.05, 3.63) is 0 Å². The zero-order valence-electron chi connectivity index (χ0n) is 11.0. The molecule has 0 aromatic carbocycles. The van der Waals surface area contributed by atoms with Crippen molar-refractivity contribution in [2.45, 2.75) is 39.0 Å². The first-order chi connectivity index (χ1) is 8.33. The number of ether oxygens (including phenoxy) is 1. The van der Waals surface area contributed by atoms with Crippen LogP contribution in [0.3, 0.4) is 0 Å². The summed E-state index contributed by atoms with van der Waals surface area (Å²) in [4.78, 5) is 11.1. The molecule has 1 amide bonds. The molecule has 0 radical (unpaired) electrons. The lowest BCUT2D eigenvalue weighted by Crippen LogP contribution is -2.34. The third-order valence-electron chi connectivity index (χ3n) is 3.22. The molecule has 1 aliphatic heterocycles. The maximum atomic E-state index is 11.1. The van der Waals surface area contributed by atoms with E-state index in [0.29, 0.717) is 13.1 Å². The van der Waals surface area contributed by atoms with Crippen LogP contribution >= 0.6 is 0 Å². The molecule has 1 saturated heterocycles. The van der Waals surface area contributed by atoms with Gasteiger partial charge in [-0.25, -0.2) is 0 Å². The van der Waals surface area contributed by atoms with Gasteiger partial charge >= 0.3 is 0 Å². The summed E-state index contributed by atoms with van der Waals surface area (Å²) in [6.45, 7) is 5.93. The van der Waals surface area contributed by atoms with Gasteiger partial charge in [0.15, 0.2) is 0 Å². The third-order valence-corrected chi connectivity index (χ3v) is 3.22. The molecule has 1 heterocycles. The van der Waals surface area contributed by atoms with E-state index >= 15 is 0 Å². The smallest absolute Gasteiger partial charge is 0.233 e. The van der Waals surface area contributed by atoms with Crippen molar-refractivity contribution >= 4 is 5.91 Å². The Kier molecular flexibility index (Phi) is 8.01. The Hall–Kier alpha value is -0.610. The van der Waals surface area contributed by atoms with E-state index in [2.05, 4.69) is 10.6 Å². The minimum Gasteiger partial charge on any atom is -0.381 e. The highest BCUT2D eigenvalue weighted by Crippen LogP contribution is 2.20. The Bertz CT molecular complexity index is 204. The van der Waals surface area contributed by atoms with Crippen LogP contribution in [-0.2, 0) is 9.53 Å². The molecule has 17 heavy (non-hydrogen) atoms. The van der Waals surface area contributed by atoms with Gasteiger partial charge in [-0.3, -0.25) is 4.79 Å². The van der Waals surface area contributed by atoms with Crippen LogP contribution in [0.4, 0.5) is 0 Å². The fraction of sp³-hybridized carbons (Fsp3) is 0.923. The molecular weight excluding hydrogens is 216 g/mol. The van der Waals surface area contributed by atoms with E-state index in [1.165, 1.54) is 25.7 Å². The molecule has 0 aliphatic carbocycles. The molecule has 1 rings (SSSR count). The van der Waals surface area contributed by atoms with E-state index < -0.39 is 0 Å². The van der Waals surface area contributed by atoms with Gasteiger partial charge in [-0.2, -0.15) is 0 Å². The number of carbonyl (C=O) groups is 1. The Labute approximate surface area is 104 Å². The minimum atomic E-state index is 0.0944. The number of amides is 1. The summed E-state index contributed by atoms with van der Waals surface area (Å²) in [7, 11) is 0. The van der Waals surface area contributed by atoms with Gasteiger partial charge < -0.3 is 15.4 Å². The molecule has 0 atom stereocenters. The molecule has 4 nitrogen and oxygen atoms in total. The SMILES string of the molecule is CCNC(=O)CNCCCCC1CCOCC1. The molecule has 1 aliphatic rings. The fourth-order valence-electron chi connectivity index (χ4n) is 2.18. The van der Waals surface area contributed by atoms with Crippen molar-refractivity contribution in [2.75, 3.05) is 32.8 Å².